The van der Waals surface area contributed by atoms with Crippen molar-refractivity contribution in [3.63, 3.8) is 0 Å². The van der Waals surface area contributed by atoms with Crippen LogP contribution in [0.4, 0.5) is 0 Å². The molecule has 1 aromatic rings. The molecule has 0 saturated carbocycles. The van der Waals surface area contributed by atoms with Crippen molar-refractivity contribution in [2.24, 2.45) is 0 Å². The Morgan fingerprint density at radius 2 is 1.78 bits per heavy atom. The number of rotatable bonds is 0. The van der Waals surface area contributed by atoms with Gasteiger partial charge in [-0.15, -0.1) is 18.5 Å². The highest BCUT2D eigenvalue weighted by molar-refractivity contribution is 14.1. The highest BCUT2D eigenvalue weighted by atomic mass is 127. The van der Waals surface area contributed by atoms with Crippen LogP contribution < -0.4 is 10.6 Å². The standard InChI is InChI=1S/C6H7IP2/c7-4-1-2-5(8)6(9)3-4/h1-3H,8-9H2. The van der Waals surface area contributed by atoms with Gasteiger partial charge in [-0.3, -0.25) is 0 Å². The van der Waals surface area contributed by atoms with Gasteiger partial charge in [0.1, 0.15) is 0 Å². The van der Waals surface area contributed by atoms with Gasteiger partial charge in [0.15, 0.2) is 0 Å². The molecule has 0 nitrogen and oxygen atoms in total. The third-order valence-corrected chi connectivity index (χ3v) is 3.08. The summed E-state index contributed by atoms with van der Waals surface area (Å²) in [5.41, 5.74) is 0. The molecule has 0 spiro atoms. The zero-order valence-corrected chi connectivity index (χ0v) is 9.23. The minimum absolute atomic E-state index is 1.25. The van der Waals surface area contributed by atoms with E-state index in [0.29, 0.717) is 0 Å². The van der Waals surface area contributed by atoms with Gasteiger partial charge < -0.3 is 0 Å². The number of hydrogen-bond donors (Lipinski definition) is 0. The summed E-state index contributed by atoms with van der Waals surface area (Å²) in [6.45, 7) is 0. The van der Waals surface area contributed by atoms with Crippen LogP contribution in [0.25, 0.3) is 0 Å². The van der Waals surface area contributed by atoms with E-state index < -0.39 is 0 Å². The zero-order valence-electron chi connectivity index (χ0n) is 4.76. The molecule has 2 atom stereocenters. The Hall–Kier alpha value is 0.810. The van der Waals surface area contributed by atoms with E-state index in [4.69, 9.17) is 0 Å². The summed E-state index contributed by atoms with van der Waals surface area (Å²) < 4.78 is 1.28. The van der Waals surface area contributed by atoms with E-state index in [0.717, 1.165) is 0 Å². The Morgan fingerprint density at radius 1 is 1.11 bits per heavy atom. The van der Waals surface area contributed by atoms with E-state index >= 15 is 0 Å². The van der Waals surface area contributed by atoms with Crippen molar-refractivity contribution in [3.05, 3.63) is 21.8 Å². The van der Waals surface area contributed by atoms with Crippen molar-refractivity contribution in [1.82, 2.24) is 0 Å². The molecule has 0 aliphatic heterocycles. The molecule has 9 heavy (non-hydrogen) atoms. The Kier molecular flexibility index (Phi) is 2.88. The molecule has 0 fully saturated rings. The first-order valence-corrected chi connectivity index (χ1v) is 4.74. The lowest BCUT2D eigenvalue weighted by Crippen LogP contribution is -2.09. The molecule has 2 unspecified atom stereocenters. The fourth-order valence-electron chi connectivity index (χ4n) is 0.546. The van der Waals surface area contributed by atoms with Crippen molar-refractivity contribution in [2.75, 3.05) is 0 Å². The van der Waals surface area contributed by atoms with Crippen LogP contribution in [0.3, 0.4) is 0 Å². The molecule has 48 valence electrons. The van der Waals surface area contributed by atoms with E-state index in [1.165, 1.54) is 14.2 Å². The van der Waals surface area contributed by atoms with Gasteiger partial charge in [0, 0.05) is 3.57 Å². The minimum atomic E-state index is 1.25. The van der Waals surface area contributed by atoms with Crippen LogP contribution in [0.15, 0.2) is 18.2 Å². The lowest BCUT2D eigenvalue weighted by Gasteiger charge is -1.96. The van der Waals surface area contributed by atoms with Crippen molar-refractivity contribution in [2.45, 2.75) is 0 Å². The number of halogens is 1. The maximum atomic E-state index is 2.70. The topological polar surface area (TPSA) is 0 Å². The zero-order chi connectivity index (χ0) is 6.85. The van der Waals surface area contributed by atoms with Gasteiger partial charge in [0.2, 0.25) is 0 Å². The summed E-state index contributed by atoms with van der Waals surface area (Å²) in [5, 5.41) is 2.51. The monoisotopic (exact) mass is 268 g/mol. The second kappa shape index (κ2) is 3.27. The fourth-order valence-corrected chi connectivity index (χ4v) is 1.86. The van der Waals surface area contributed by atoms with Crippen molar-refractivity contribution >= 4 is 51.7 Å². The normalized spacial score (nSPS) is 9.67. The van der Waals surface area contributed by atoms with Gasteiger partial charge in [-0.1, -0.05) is 6.07 Å². The Bertz CT molecular complexity index is 222. The first-order valence-electron chi connectivity index (χ1n) is 2.50. The van der Waals surface area contributed by atoms with Gasteiger partial charge in [-0.25, -0.2) is 0 Å². The minimum Gasteiger partial charge on any atom is -0.105 e. The lowest BCUT2D eigenvalue weighted by molar-refractivity contribution is 1.74. The Balaban J connectivity index is 3.17. The molecule has 1 aromatic carbocycles. The van der Waals surface area contributed by atoms with Crippen LogP contribution in [0.2, 0.25) is 0 Å². The van der Waals surface area contributed by atoms with E-state index in [1.807, 2.05) is 0 Å². The first-order chi connectivity index (χ1) is 4.20. The van der Waals surface area contributed by atoms with E-state index in [1.54, 1.807) is 0 Å². The van der Waals surface area contributed by atoms with Crippen LogP contribution in [-0.4, -0.2) is 0 Å². The molecular weight excluding hydrogens is 261 g/mol. The van der Waals surface area contributed by atoms with Crippen LogP contribution in [0.5, 0.6) is 0 Å². The molecule has 0 aliphatic carbocycles. The SMILES string of the molecule is Pc1ccc(I)cc1P. The average Bonchev–Trinajstić information content (AvgIpc) is 1.80. The van der Waals surface area contributed by atoms with Gasteiger partial charge in [0.25, 0.3) is 0 Å². The highest BCUT2D eigenvalue weighted by Crippen LogP contribution is 2.02. The summed E-state index contributed by atoms with van der Waals surface area (Å²) in [6, 6.07) is 6.32. The molecule has 0 radical (unpaired) electrons. The molecular formula is C6H7IP2. The summed E-state index contributed by atoms with van der Waals surface area (Å²) in [4.78, 5) is 0. The van der Waals surface area contributed by atoms with Gasteiger partial charge in [-0.05, 0) is 45.3 Å². The molecule has 0 amide bonds. The summed E-state index contributed by atoms with van der Waals surface area (Å²) in [7, 11) is 5.38. The molecule has 0 N–H and O–H groups in total. The third kappa shape index (κ3) is 2.14. The molecule has 0 bridgehead atoms. The molecule has 3 heteroatoms. The van der Waals surface area contributed by atoms with Crippen LogP contribution in [-0.2, 0) is 0 Å². The maximum Gasteiger partial charge on any atom is 0.0136 e. The van der Waals surface area contributed by atoms with Crippen LogP contribution in [0.1, 0.15) is 0 Å². The molecule has 0 saturated heterocycles. The maximum absolute atomic E-state index is 2.70. The summed E-state index contributed by atoms with van der Waals surface area (Å²) in [6.07, 6.45) is 0. The molecule has 0 aromatic heterocycles. The van der Waals surface area contributed by atoms with E-state index in [2.05, 4.69) is 59.3 Å². The second-order valence-electron chi connectivity index (χ2n) is 1.77. The third-order valence-electron chi connectivity index (χ3n) is 1.05. The van der Waals surface area contributed by atoms with Crippen LogP contribution in [0, 0.1) is 3.57 Å². The average molecular weight is 268 g/mol. The van der Waals surface area contributed by atoms with Crippen molar-refractivity contribution < 1.29 is 0 Å². The summed E-state index contributed by atoms with van der Waals surface area (Å²) >= 11 is 2.30. The first kappa shape index (κ1) is 7.91. The smallest absolute Gasteiger partial charge is 0.0136 e. The molecule has 0 aliphatic rings. The number of benzene rings is 1. The predicted octanol–water partition coefficient (Wildman–Crippen LogP) is 1.29. The van der Waals surface area contributed by atoms with Crippen molar-refractivity contribution in [1.29, 1.82) is 0 Å². The fraction of sp³-hybridized carbons (Fsp3) is 0. The van der Waals surface area contributed by atoms with Gasteiger partial charge >= 0.3 is 0 Å². The lowest BCUT2D eigenvalue weighted by atomic mass is 10.4. The molecule has 1 rings (SSSR count). The summed E-state index contributed by atoms with van der Waals surface area (Å²) in [5.74, 6) is 0. The largest absolute Gasteiger partial charge is 0.105 e. The van der Waals surface area contributed by atoms with Crippen LogP contribution >= 0.6 is 41.1 Å². The number of hydrogen-bond acceptors (Lipinski definition) is 0. The van der Waals surface area contributed by atoms with Gasteiger partial charge in [-0.2, -0.15) is 0 Å². The van der Waals surface area contributed by atoms with E-state index in [-0.39, 0.29) is 0 Å². The quantitative estimate of drug-likeness (QED) is 0.491. The highest BCUT2D eigenvalue weighted by Gasteiger charge is 1.90. The predicted molar refractivity (Wildman–Crippen MR) is 57.8 cm³/mol. The van der Waals surface area contributed by atoms with Gasteiger partial charge in [0.05, 0.1) is 0 Å². The Labute approximate surface area is 73.4 Å². The molecule has 0 heterocycles. The van der Waals surface area contributed by atoms with E-state index in [9.17, 15) is 0 Å². The second-order valence-corrected chi connectivity index (χ2v) is 4.26. The Morgan fingerprint density at radius 3 is 2.22 bits per heavy atom. The van der Waals surface area contributed by atoms with Crippen molar-refractivity contribution in [3.8, 4) is 0 Å².